The maximum absolute atomic E-state index is 12.2. The van der Waals surface area contributed by atoms with Gasteiger partial charge >= 0.3 is 6.09 Å². The first-order valence-electron chi connectivity index (χ1n) is 8.28. The van der Waals surface area contributed by atoms with E-state index in [1.165, 1.54) is 0 Å². The van der Waals surface area contributed by atoms with E-state index in [9.17, 15) is 4.79 Å². The first-order chi connectivity index (χ1) is 11.4. The molecule has 0 spiro atoms. The van der Waals surface area contributed by atoms with Crippen molar-refractivity contribution in [3.8, 4) is 5.88 Å². The van der Waals surface area contributed by atoms with Gasteiger partial charge in [0.2, 0.25) is 5.88 Å². The molecule has 1 aromatic heterocycles. The highest BCUT2D eigenvalue weighted by Crippen LogP contribution is 2.20. The second-order valence-corrected chi connectivity index (χ2v) is 6.96. The molecule has 1 amide bonds. The van der Waals surface area contributed by atoms with Gasteiger partial charge in [-0.05, 0) is 33.6 Å². The highest BCUT2D eigenvalue weighted by atomic mass is 16.6. The molecule has 0 aliphatic carbocycles. The van der Waals surface area contributed by atoms with Crippen LogP contribution < -0.4 is 4.74 Å². The third-order valence-electron chi connectivity index (χ3n) is 3.69. The molecule has 1 aromatic rings. The van der Waals surface area contributed by atoms with Gasteiger partial charge in [-0.3, -0.25) is 4.98 Å². The topological polar surface area (TPSA) is 73.8 Å². The maximum Gasteiger partial charge on any atom is 0.410 e. The molecule has 0 N–H and O–H groups in total. The summed E-state index contributed by atoms with van der Waals surface area (Å²) in [4.78, 5) is 22.3. The van der Waals surface area contributed by atoms with Crippen molar-refractivity contribution in [2.75, 3.05) is 26.8 Å². The fourth-order valence-electron chi connectivity index (χ4n) is 2.64. The van der Waals surface area contributed by atoms with Crippen LogP contribution in [0.5, 0.6) is 5.88 Å². The lowest BCUT2D eigenvalue weighted by Crippen LogP contribution is -2.43. The van der Waals surface area contributed by atoms with Crippen LogP contribution in [0.3, 0.4) is 0 Å². The third kappa shape index (κ3) is 5.63. The van der Waals surface area contributed by atoms with Crippen molar-refractivity contribution in [3.05, 3.63) is 18.1 Å². The van der Waals surface area contributed by atoms with Gasteiger partial charge in [0.15, 0.2) is 0 Å². The third-order valence-corrected chi connectivity index (χ3v) is 3.69. The van der Waals surface area contributed by atoms with E-state index in [-0.39, 0.29) is 6.09 Å². The predicted octanol–water partition coefficient (Wildman–Crippen LogP) is 2.65. The number of carbonyl (C=O) groups excluding carboxylic acids is 1. The minimum Gasteiger partial charge on any atom is -0.480 e. The Labute approximate surface area is 143 Å². The first kappa shape index (κ1) is 18.4. The van der Waals surface area contributed by atoms with E-state index in [1.807, 2.05) is 20.8 Å². The standard InChI is InChI=1S/C17H27N3O4/c1-17(2,3)24-16(21)20-9-5-6-13(10-20)11-23-12-14-15(22-4)19-8-7-18-14/h7-8,13H,5-6,9-12H2,1-4H3. The minimum atomic E-state index is -0.469. The Morgan fingerprint density at radius 1 is 1.33 bits per heavy atom. The van der Waals surface area contributed by atoms with Gasteiger partial charge in [-0.25, -0.2) is 9.78 Å². The Hall–Kier alpha value is -1.89. The highest BCUT2D eigenvalue weighted by Gasteiger charge is 2.27. The fourth-order valence-corrected chi connectivity index (χ4v) is 2.64. The molecule has 134 valence electrons. The number of piperidine rings is 1. The fraction of sp³-hybridized carbons (Fsp3) is 0.706. The van der Waals surface area contributed by atoms with Crippen molar-refractivity contribution in [3.63, 3.8) is 0 Å². The monoisotopic (exact) mass is 337 g/mol. The van der Waals surface area contributed by atoms with E-state index in [2.05, 4.69) is 9.97 Å². The van der Waals surface area contributed by atoms with E-state index in [0.717, 1.165) is 19.4 Å². The van der Waals surface area contributed by atoms with E-state index in [4.69, 9.17) is 14.2 Å². The molecular formula is C17H27N3O4. The summed E-state index contributed by atoms with van der Waals surface area (Å²) in [5.41, 5.74) is 0.211. The zero-order valence-electron chi connectivity index (χ0n) is 14.9. The minimum absolute atomic E-state index is 0.247. The Balaban J connectivity index is 1.80. The molecule has 0 saturated carbocycles. The average Bonchev–Trinajstić information content (AvgIpc) is 2.54. The Kier molecular flexibility index (Phi) is 6.36. The first-order valence-corrected chi connectivity index (χ1v) is 8.28. The molecule has 24 heavy (non-hydrogen) atoms. The zero-order valence-corrected chi connectivity index (χ0v) is 14.9. The summed E-state index contributed by atoms with van der Waals surface area (Å²) in [6, 6.07) is 0. The van der Waals surface area contributed by atoms with Crippen LogP contribution >= 0.6 is 0 Å². The highest BCUT2D eigenvalue weighted by molar-refractivity contribution is 5.68. The van der Waals surface area contributed by atoms with Gasteiger partial charge in [-0.1, -0.05) is 0 Å². The maximum atomic E-state index is 12.2. The predicted molar refractivity (Wildman–Crippen MR) is 88.8 cm³/mol. The molecule has 0 bridgehead atoms. The van der Waals surface area contributed by atoms with Crippen LogP contribution in [-0.2, 0) is 16.1 Å². The average molecular weight is 337 g/mol. The Morgan fingerprint density at radius 3 is 2.79 bits per heavy atom. The zero-order chi connectivity index (χ0) is 17.6. The van der Waals surface area contributed by atoms with Crippen molar-refractivity contribution in [1.82, 2.24) is 14.9 Å². The molecule has 0 radical (unpaired) electrons. The molecule has 2 rings (SSSR count). The lowest BCUT2D eigenvalue weighted by atomic mass is 9.99. The second-order valence-electron chi connectivity index (χ2n) is 6.96. The van der Waals surface area contributed by atoms with Gasteiger partial charge in [-0.15, -0.1) is 0 Å². The van der Waals surface area contributed by atoms with Gasteiger partial charge in [0.1, 0.15) is 11.3 Å². The van der Waals surface area contributed by atoms with Crippen LogP contribution in [0.15, 0.2) is 12.4 Å². The molecule has 1 aliphatic heterocycles. The van der Waals surface area contributed by atoms with E-state index < -0.39 is 5.60 Å². The van der Waals surface area contributed by atoms with Crippen LogP contribution in [0.2, 0.25) is 0 Å². The number of hydrogen-bond donors (Lipinski definition) is 0. The number of hydrogen-bond acceptors (Lipinski definition) is 6. The number of likely N-dealkylation sites (tertiary alicyclic amines) is 1. The summed E-state index contributed by atoms with van der Waals surface area (Å²) < 4.78 is 16.4. The number of carbonyl (C=O) groups is 1. The molecule has 0 aromatic carbocycles. The van der Waals surface area contributed by atoms with Crippen LogP contribution in [0.1, 0.15) is 39.3 Å². The van der Waals surface area contributed by atoms with Gasteiger partial charge in [0.25, 0.3) is 0 Å². The normalized spacial score (nSPS) is 18.3. The van der Waals surface area contributed by atoms with Crippen LogP contribution in [0, 0.1) is 5.92 Å². The van der Waals surface area contributed by atoms with Gasteiger partial charge in [0.05, 0.1) is 20.3 Å². The van der Waals surface area contributed by atoms with Crippen molar-refractivity contribution in [2.24, 2.45) is 5.92 Å². The smallest absolute Gasteiger partial charge is 0.410 e. The van der Waals surface area contributed by atoms with Crippen molar-refractivity contribution in [2.45, 2.75) is 45.8 Å². The largest absolute Gasteiger partial charge is 0.480 e. The van der Waals surface area contributed by atoms with Crippen molar-refractivity contribution in [1.29, 1.82) is 0 Å². The van der Waals surface area contributed by atoms with Crippen molar-refractivity contribution < 1.29 is 19.0 Å². The number of aromatic nitrogens is 2. The van der Waals surface area contributed by atoms with E-state index in [0.29, 0.717) is 37.3 Å². The second kappa shape index (κ2) is 8.28. The summed E-state index contributed by atoms with van der Waals surface area (Å²) in [5.74, 6) is 0.783. The number of methoxy groups -OCH3 is 1. The number of rotatable bonds is 5. The number of amides is 1. The van der Waals surface area contributed by atoms with Gasteiger partial charge in [0, 0.05) is 31.4 Å². The lowest BCUT2D eigenvalue weighted by Gasteiger charge is -2.34. The quantitative estimate of drug-likeness (QED) is 0.822. The molecule has 1 unspecified atom stereocenters. The Bertz CT molecular complexity index is 545. The van der Waals surface area contributed by atoms with Crippen LogP contribution in [0.4, 0.5) is 4.79 Å². The molecule has 1 aliphatic rings. The van der Waals surface area contributed by atoms with Gasteiger partial charge in [-0.2, -0.15) is 0 Å². The molecular weight excluding hydrogens is 310 g/mol. The molecule has 2 heterocycles. The molecule has 1 fully saturated rings. The lowest BCUT2D eigenvalue weighted by molar-refractivity contribution is 0.00552. The van der Waals surface area contributed by atoms with Crippen molar-refractivity contribution >= 4 is 6.09 Å². The number of nitrogens with zero attached hydrogens (tertiary/aromatic N) is 3. The van der Waals surface area contributed by atoms with E-state index >= 15 is 0 Å². The molecule has 1 saturated heterocycles. The van der Waals surface area contributed by atoms with Crippen LogP contribution in [-0.4, -0.2) is 53.4 Å². The summed E-state index contributed by atoms with van der Waals surface area (Å²) in [6.45, 7) is 7.95. The Morgan fingerprint density at radius 2 is 2.08 bits per heavy atom. The van der Waals surface area contributed by atoms with E-state index in [1.54, 1.807) is 24.4 Å². The molecule has 7 heteroatoms. The molecule has 1 atom stereocenters. The number of ether oxygens (including phenoxy) is 3. The summed E-state index contributed by atoms with van der Waals surface area (Å²) in [6.07, 6.45) is 4.95. The summed E-state index contributed by atoms with van der Waals surface area (Å²) in [7, 11) is 1.56. The van der Waals surface area contributed by atoms with Gasteiger partial charge < -0.3 is 19.1 Å². The molecule has 7 nitrogen and oxygen atoms in total. The SMILES string of the molecule is COc1nccnc1COCC1CCCN(C(=O)OC(C)(C)C)C1. The summed E-state index contributed by atoms with van der Waals surface area (Å²) in [5, 5.41) is 0. The van der Waals surface area contributed by atoms with Crippen LogP contribution in [0.25, 0.3) is 0 Å². The summed E-state index contributed by atoms with van der Waals surface area (Å²) >= 11 is 0.